The minimum Gasteiger partial charge on any atom is -0.462 e. The molecule has 0 bridgehead atoms. The van der Waals surface area contributed by atoms with Crippen LogP contribution in [0.1, 0.15) is 52.5 Å². The lowest BCUT2D eigenvalue weighted by atomic mass is 10.1. The number of unbranched alkanes of at least 4 members (excludes halogenated alkanes) is 2. The van der Waals surface area contributed by atoms with Gasteiger partial charge in [-0.3, -0.25) is 10.1 Å². The molecule has 0 saturated heterocycles. The van der Waals surface area contributed by atoms with Crippen molar-refractivity contribution < 1.29 is 24.0 Å². The molecule has 0 amide bonds. The predicted molar refractivity (Wildman–Crippen MR) is 103 cm³/mol. The smallest absolute Gasteiger partial charge is 0.339 e. The Morgan fingerprint density at radius 1 is 0.893 bits per heavy atom. The number of rotatable bonds is 10. The molecule has 7 nitrogen and oxygen atoms in total. The molecule has 148 valence electrons. The topological polar surface area (TPSA) is 95.7 Å². The summed E-state index contributed by atoms with van der Waals surface area (Å²) in [7, 11) is 0. The van der Waals surface area contributed by atoms with Crippen molar-refractivity contribution in [2.75, 3.05) is 13.2 Å². The highest BCUT2D eigenvalue weighted by atomic mass is 16.6. The molecule has 7 heteroatoms. The van der Waals surface area contributed by atoms with Gasteiger partial charge in [-0.25, -0.2) is 9.59 Å². The third-order valence-electron chi connectivity index (χ3n) is 4.14. The second kappa shape index (κ2) is 10.8. The van der Waals surface area contributed by atoms with E-state index in [0.29, 0.717) is 12.2 Å². The average molecular weight is 385 g/mol. The van der Waals surface area contributed by atoms with E-state index in [0.717, 1.165) is 19.3 Å². The number of carbonyl (C=O) groups excluding carboxylic acids is 2. The van der Waals surface area contributed by atoms with Gasteiger partial charge >= 0.3 is 11.9 Å². The van der Waals surface area contributed by atoms with E-state index in [1.807, 2.05) is 0 Å². The SMILES string of the molecule is CCCCCOC(=O)c1ccccc1C(=O)OCCc1ccccc1[N+](=O)[O-]. The van der Waals surface area contributed by atoms with E-state index < -0.39 is 16.9 Å². The summed E-state index contributed by atoms with van der Waals surface area (Å²) < 4.78 is 10.4. The van der Waals surface area contributed by atoms with Gasteiger partial charge in [-0.15, -0.1) is 0 Å². The van der Waals surface area contributed by atoms with Gasteiger partial charge in [0.25, 0.3) is 5.69 Å². The number of nitrogens with zero attached hydrogens (tertiary/aromatic N) is 1. The van der Waals surface area contributed by atoms with Crippen LogP contribution < -0.4 is 0 Å². The first kappa shape index (κ1) is 21.1. The van der Waals surface area contributed by atoms with Crippen molar-refractivity contribution in [1.29, 1.82) is 0 Å². The number of hydrogen-bond acceptors (Lipinski definition) is 6. The lowest BCUT2D eigenvalue weighted by Crippen LogP contribution is -2.15. The fourth-order valence-electron chi connectivity index (χ4n) is 2.67. The Balaban J connectivity index is 1.98. The fourth-order valence-corrected chi connectivity index (χ4v) is 2.67. The molecule has 0 N–H and O–H groups in total. The Bertz CT molecular complexity index is 833. The second-order valence-electron chi connectivity index (χ2n) is 6.16. The number of carbonyl (C=O) groups is 2. The lowest BCUT2D eigenvalue weighted by Gasteiger charge is -2.10. The van der Waals surface area contributed by atoms with E-state index in [1.54, 1.807) is 30.3 Å². The summed E-state index contributed by atoms with van der Waals surface area (Å²) >= 11 is 0. The van der Waals surface area contributed by atoms with E-state index in [-0.39, 0.29) is 29.8 Å². The number of ether oxygens (including phenoxy) is 2. The van der Waals surface area contributed by atoms with Crippen molar-refractivity contribution in [3.8, 4) is 0 Å². The number of nitro benzene ring substituents is 1. The van der Waals surface area contributed by atoms with Crippen molar-refractivity contribution in [3.05, 3.63) is 75.3 Å². The monoisotopic (exact) mass is 385 g/mol. The molecule has 2 aromatic rings. The van der Waals surface area contributed by atoms with Crippen LogP contribution in [0.15, 0.2) is 48.5 Å². The van der Waals surface area contributed by atoms with Crippen molar-refractivity contribution in [2.45, 2.75) is 32.6 Å². The maximum Gasteiger partial charge on any atom is 0.339 e. The molecule has 0 aliphatic rings. The van der Waals surface area contributed by atoms with Crippen LogP contribution in [0.4, 0.5) is 5.69 Å². The molecule has 28 heavy (non-hydrogen) atoms. The summed E-state index contributed by atoms with van der Waals surface area (Å²) in [5.74, 6) is -1.23. The third-order valence-corrected chi connectivity index (χ3v) is 4.14. The van der Waals surface area contributed by atoms with Crippen molar-refractivity contribution in [3.63, 3.8) is 0 Å². The molecule has 0 radical (unpaired) electrons. The Morgan fingerprint density at radius 3 is 2.07 bits per heavy atom. The molecule has 0 fully saturated rings. The van der Waals surface area contributed by atoms with Gasteiger partial charge in [0.15, 0.2) is 0 Å². The summed E-state index contributed by atoms with van der Waals surface area (Å²) in [5.41, 5.74) is 0.721. The van der Waals surface area contributed by atoms with E-state index in [9.17, 15) is 19.7 Å². The molecule has 0 aliphatic carbocycles. The highest BCUT2D eigenvalue weighted by molar-refractivity contribution is 6.03. The van der Waals surface area contributed by atoms with Gasteiger partial charge in [-0.1, -0.05) is 50.1 Å². The van der Waals surface area contributed by atoms with Gasteiger partial charge in [0.05, 0.1) is 29.3 Å². The number of esters is 2. The number of nitro groups is 1. The van der Waals surface area contributed by atoms with Crippen LogP contribution in [0.2, 0.25) is 0 Å². The molecule has 2 rings (SSSR count). The van der Waals surface area contributed by atoms with Crippen LogP contribution in [-0.2, 0) is 15.9 Å². The number of benzene rings is 2. The minimum absolute atomic E-state index is 0.0189. The first-order chi connectivity index (χ1) is 13.5. The molecular formula is C21H23NO6. The van der Waals surface area contributed by atoms with Crippen LogP contribution in [-0.4, -0.2) is 30.1 Å². The van der Waals surface area contributed by atoms with Crippen molar-refractivity contribution in [1.82, 2.24) is 0 Å². The zero-order chi connectivity index (χ0) is 20.4. The van der Waals surface area contributed by atoms with E-state index in [4.69, 9.17) is 9.47 Å². The zero-order valence-electron chi connectivity index (χ0n) is 15.8. The van der Waals surface area contributed by atoms with Crippen LogP contribution in [0.3, 0.4) is 0 Å². The van der Waals surface area contributed by atoms with Crippen LogP contribution in [0.5, 0.6) is 0 Å². The highest BCUT2D eigenvalue weighted by Crippen LogP contribution is 2.18. The summed E-state index contributed by atoms with van der Waals surface area (Å²) in [5, 5.41) is 11.0. The molecule has 0 atom stereocenters. The Kier molecular flexibility index (Phi) is 8.14. The second-order valence-corrected chi connectivity index (χ2v) is 6.16. The summed E-state index contributed by atoms with van der Waals surface area (Å²) in [6.45, 7) is 2.31. The van der Waals surface area contributed by atoms with Gasteiger partial charge in [0, 0.05) is 18.1 Å². The molecule has 0 aliphatic heterocycles. The Hall–Kier alpha value is -3.22. The normalized spacial score (nSPS) is 10.3. The molecule has 0 unspecified atom stereocenters. The Labute approximate surface area is 163 Å². The quantitative estimate of drug-likeness (QED) is 0.261. The minimum atomic E-state index is -0.667. The largest absolute Gasteiger partial charge is 0.462 e. The van der Waals surface area contributed by atoms with E-state index in [1.165, 1.54) is 18.2 Å². The van der Waals surface area contributed by atoms with Crippen LogP contribution >= 0.6 is 0 Å². The standard InChI is InChI=1S/C21H23NO6/c1-2-3-8-14-27-20(23)17-10-5-6-11-18(17)21(24)28-15-13-16-9-4-7-12-19(16)22(25)26/h4-7,9-12H,2-3,8,13-15H2,1H3. The van der Waals surface area contributed by atoms with Crippen molar-refractivity contribution in [2.24, 2.45) is 0 Å². The maximum atomic E-state index is 12.4. The molecular weight excluding hydrogens is 362 g/mol. The van der Waals surface area contributed by atoms with Gasteiger partial charge in [0.2, 0.25) is 0 Å². The molecule has 2 aromatic carbocycles. The molecule has 0 aromatic heterocycles. The maximum absolute atomic E-state index is 12.4. The summed E-state index contributed by atoms with van der Waals surface area (Å²) in [6.07, 6.45) is 2.94. The predicted octanol–water partition coefficient (Wildman–Crippen LogP) is 4.34. The van der Waals surface area contributed by atoms with Gasteiger partial charge in [-0.2, -0.15) is 0 Å². The third kappa shape index (κ3) is 5.90. The zero-order valence-corrected chi connectivity index (χ0v) is 15.8. The van der Waals surface area contributed by atoms with E-state index >= 15 is 0 Å². The van der Waals surface area contributed by atoms with Crippen molar-refractivity contribution >= 4 is 17.6 Å². The molecule has 0 heterocycles. The lowest BCUT2D eigenvalue weighted by molar-refractivity contribution is -0.385. The van der Waals surface area contributed by atoms with Crippen LogP contribution in [0, 0.1) is 10.1 Å². The van der Waals surface area contributed by atoms with Gasteiger partial charge in [0.1, 0.15) is 0 Å². The van der Waals surface area contributed by atoms with Gasteiger partial charge in [-0.05, 0) is 18.6 Å². The fraction of sp³-hybridized carbons (Fsp3) is 0.333. The van der Waals surface area contributed by atoms with Crippen LogP contribution in [0.25, 0.3) is 0 Å². The van der Waals surface area contributed by atoms with E-state index in [2.05, 4.69) is 6.92 Å². The number of hydrogen-bond donors (Lipinski definition) is 0. The first-order valence-electron chi connectivity index (χ1n) is 9.20. The summed E-state index contributed by atoms with van der Waals surface area (Å²) in [4.78, 5) is 35.2. The highest BCUT2D eigenvalue weighted by Gasteiger charge is 2.19. The Morgan fingerprint density at radius 2 is 1.46 bits per heavy atom. The van der Waals surface area contributed by atoms with Gasteiger partial charge < -0.3 is 9.47 Å². The molecule has 0 saturated carbocycles. The number of para-hydroxylation sites is 1. The first-order valence-corrected chi connectivity index (χ1v) is 9.20. The summed E-state index contributed by atoms with van der Waals surface area (Å²) in [6, 6.07) is 12.6. The molecule has 0 spiro atoms. The average Bonchev–Trinajstić information content (AvgIpc) is 2.71.